The van der Waals surface area contributed by atoms with E-state index in [1.165, 1.54) is 0 Å². The van der Waals surface area contributed by atoms with Crippen molar-refractivity contribution in [2.45, 2.75) is 26.8 Å². The van der Waals surface area contributed by atoms with Crippen LogP contribution in [0.3, 0.4) is 0 Å². The van der Waals surface area contributed by atoms with Crippen molar-refractivity contribution in [1.82, 2.24) is 25.6 Å². The number of rotatable bonds is 4. The first-order valence-electron chi connectivity index (χ1n) is 7.66. The van der Waals surface area contributed by atoms with Crippen LogP contribution >= 0.6 is 0 Å². The van der Waals surface area contributed by atoms with E-state index in [9.17, 15) is 9.59 Å². The molecule has 0 fully saturated rings. The summed E-state index contributed by atoms with van der Waals surface area (Å²) < 4.78 is 1.59. The summed E-state index contributed by atoms with van der Waals surface area (Å²) in [6.45, 7) is 3.81. The lowest BCUT2D eigenvalue weighted by molar-refractivity contribution is -0.129. The fourth-order valence-electron chi connectivity index (χ4n) is 2.65. The van der Waals surface area contributed by atoms with Gasteiger partial charge in [-0.15, -0.1) is 0 Å². The summed E-state index contributed by atoms with van der Waals surface area (Å²) in [6, 6.07) is 9.65. The normalized spacial score (nSPS) is 10.8. The van der Waals surface area contributed by atoms with Crippen LogP contribution in [0.15, 0.2) is 36.5 Å². The van der Waals surface area contributed by atoms with Gasteiger partial charge in [-0.2, -0.15) is 5.10 Å². The van der Waals surface area contributed by atoms with Gasteiger partial charge in [-0.1, -0.05) is 18.2 Å². The minimum atomic E-state index is -0.325. The molecule has 3 aromatic rings. The van der Waals surface area contributed by atoms with E-state index in [0.717, 1.165) is 27.9 Å². The van der Waals surface area contributed by atoms with Gasteiger partial charge in [0.15, 0.2) is 0 Å². The number of amides is 2. The highest BCUT2D eigenvalue weighted by atomic mass is 16.2. The predicted octanol–water partition coefficient (Wildman–Crippen LogP) is 1.37. The van der Waals surface area contributed by atoms with Gasteiger partial charge in [-0.25, -0.2) is 0 Å². The number of benzene rings is 1. The molecule has 2 aromatic heterocycles. The average molecular weight is 325 g/mol. The Hall–Kier alpha value is -3.09. The lowest BCUT2D eigenvalue weighted by Gasteiger charge is -2.08. The van der Waals surface area contributed by atoms with Crippen molar-refractivity contribution in [3.63, 3.8) is 0 Å². The molecule has 0 bridgehead atoms. The molecule has 124 valence electrons. The van der Waals surface area contributed by atoms with Crippen LogP contribution in [0.4, 0.5) is 0 Å². The highest BCUT2D eigenvalue weighted by Crippen LogP contribution is 2.17. The molecule has 3 rings (SSSR count). The van der Waals surface area contributed by atoms with Crippen LogP contribution in [0.1, 0.15) is 17.0 Å². The highest BCUT2D eigenvalue weighted by Gasteiger charge is 2.11. The van der Waals surface area contributed by atoms with Crippen molar-refractivity contribution >= 4 is 22.7 Å². The van der Waals surface area contributed by atoms with Gasteiger partial charge in [0, 0.05) is 22.8 Å². The summed E-state index contributed by atoms with van der Waals surface area (Å²) in [5, 5.41) is 5.21. The molecule has 2 amide bonds. The molecule has 2 heterocycles. The van der Waals surface area contributed by atoms with Gasteiger partial charge >= 0.3 is 0 Å². The van der Waals surface area contributed by atoms with Crippen molar-refractivity contribution in [3.8, 4) is 0 Å². The monoisotopic (exact) mass is 325 g/mol. The zero-order chi connectivity index (χ0) is 17.1. The number of carbonyl (C=O) groups is 2. The number of nitrogens with one attached hydrogen (secondary N) is 3. The third-order valence-corrected chi connectivity index (χ3v) is 3.76. The number of hydrogen-bond acceptors (Lipinski definition) is 3. The maximum absolute atomic E-state index is 12.0. The number of aromatic amines is 1. The summed E-state index contributed by atoms with van der Waals surface area (Å²) in [7, 11) is 0. The van der Waals surface area contributed by atoms with Crippen molar-refractivity contribution in [1.29, 1.82) is 0 Å². The quantitative estimate of drug-likeness (QED) is 0.633. The van der Waals surface area contributed by atoms with Crippen molar-refractivity contribution < 1.29 is 9.59 Å². The molecule has 0 unspecified atom stereocenters. The smallest absolute Gasteiger partial charge is 0.260 e. The molecule has 0 aliphatic rings. The topological polar surface area (TPSA) is 91.8 Å². The van der Waals surface area contributed by atoms with Crippen LogP contribution in [0.5, 0.6) is 0 Å². The maximum atomic E-state index is 12.0. The van der Waals surface area contributed by atoms with Gasteiger partial charge in [0.2, 0.25) is 5.91 Å². The Balaban J connectivity index is 1.54. The second-order valence-corrected chi connectivity index (χ2v) is 5.72. The summed E-state index contributed by atoms with van der Waals surface area (Å²) in [6.07, 6.45) is 1.99. The van der Waals surface area contributed by atoms with Crippen LogP contribution in [0, 0.1) is 13.8 Å². The molecule has 0 aliphatic heterocycles. The molecule has 1 aromatic carbocycles. The van der Waals surface area contributed by atoms with E-state index in [-0.39, 0.29) is 24.8 Å². The van der Waals surface area contributed by atoms with Crippen LogP contribution in [-0.4, -0.2) is 26.6 Å². The van der Waals surface area contributed by atoms with Crippen LogP contribution in [0.2, 0.25) is 0 Å². The Kier molecular flexibility index (Phi) is 4.33. The standard InChI is InChI=1S/C17H19N5O2/c1-11-7-12(2)22(21-11)10-17(24)20-19-16(23)8-13-9-18-15-6-4-3-5-14(13)15/h3-7,9,18H,8,10H2,1-2H3,(H,19,23)(H,20,24). The number of aromatic nitrogens is 3. The highest BCUT2D eigenvalue weighted by molar-refractivity contribution is 5.89. The first-order valence-corrected chi connectivity index (χ1v) is 7.66. The van der Waals surface area contributed by atoms with Gasteiger partial charge in [0.05, 0.1) is 12.1 Å². The number of carbonyl (C=O) groups excluding carboxylic acids is 2. The van der Waals surface area contributed by atoms with E-state index >= 15 is 0 Å². The molecule has 7 nitrogen and oxygen atoms in total. The molecule has 0 saturated heterocycles. The first-order chi connectivity index (χ1) is 11.5. The Labute approximate surface area is 139 Å². The second kappa shape index (κ2) is 6.57. The van der Waals surface area contributed by atoms with Gasteiger partial charge < -0.3 is 4.98 Å². The number of aryl methyl sites for hydroxylation is 2. The molecular formula is C17H19N5O2. The lowest BCUT2D eigenvalue weighted by Crippen LogP contribution is -2.44. The largest absolute Gasteiger partial charge is 0.361 e. The minimum Gasteiger partial charge on any atom is -0.361 e. The summed E-state index contributed by atoms with van der Waals surface area (Å²) in [4.78, 5) is 27.0. The summed E-state index contributed by atoms with van der Waals surface area (Å²) >= 11 is 0. The van der Waals surface area contributed by atoms with E-state index in [4.69, 9.17) is 0 Å². The second-order valence-electron chi connectivity index (χ2n) is 5.72. The predicted molar refractivity (Wildman–Crippen MR) is 90.0 cm³/mol. The van der Waals surface area contributed by atoms with Crippen molar-refractivity contribution in [2.24, 2.45) is 0 Å². The van der Waals surface area contributed by atoms with E-state index in [1.807, 2.05) is 50.4 Å². The number of hydrazine groups is 1. The third kappa shape index (κ3) is 3.45. The molecule has 0 spiro atoms. The summed E-state index contributed by atoms with van der Waals surface area (Å²) in [5.74, 6) is -0.602. The Morgan fingerprint density at radius 3 is 2.67 bits per heavy atom. The number of para-hydroxylation sites is 1. The molecule has 0 radical (unpaired) electrons. The van der Waals surface area contributed by atoms with E-state index < -0.39 is 0 Å². The zero-order valence-electron chi connectivity index (χ0n) is 13.6. The van der Waals surface area contributed by atoms with E-state index in [1.54, 1.807) is 4.68 Å². The van der Waals surface area contributed by atoms with Gasteiger partial charge in [0.1, 0.15) is 6.54 Å². The molecule has 0 atom stereocenters. The SMILES string of the molecule is Cc1cc(C)n(CC(=O)NNC(=O)Cc2c[nH]c3ccccc23)n1. The number of nitrogens with zero attached hydrogens (tertiary/aromatic N) is 2. The van der Waals surface area contributed by atoms with Gasteiger partial charge in [-0.3, -0.25) is 25.1 Å². The van der Waals surface area contributed by atoms with Crippen molar-refractivity contribution in [3.05, 3.63) is 53.5 Å². The lowest BCUT2D eigenvalue weighted by atomic mass is 10.1. The van der Waals surface area contributed by atoms with Crippen LogP contribution < -0.4 is 10.9 Å². The average Bonchev–Trinajstić information content (AvgIpc) is 3.09. The van der Waals surface area contributed by atoms with Crippen molar-refractivity contribution in [2.75, 3.05) is 0 Å². The third-order valence-electron chi connectivity index (χ3n) is 3.76. The Bertz CT molecular complexity index is 893. The number of H-pyrrole nitrogens is 1. The zero-order valence-corrected chi connectivity index (χ0v) is 13.6. The fraction of sp³-hybridized carbons (Fsp3) is 0.235. The fourth-order valence-corrected chi connectivity index (χ4v) is 2.65. The Morgan fingerprint density at radius 1 is 1.17 bits per heavy atom. The maximum Gasteiger partial charge on any atom is 0.260 e. The summed E-state index contributed by atoms with van der Waals surface area (Å²) in [5.41, 5.74) is 8.47. The molecule has 24 heavy (non-hydrogen) atoms. The number of fused-ring (bicyclic) bond motifs is 1. The molecule has 0 aliphatic carbocycles. The molecular weight excluding hydrogens is 306 g/mol. The Morgan fingerprint density at radius 2 is 1.92 bits per heavy atom. The molecule has 0 saturated carbocycles. The van der Waals surface area contributed by atoms with E-state index in [0.29, 0.717) is 0 Å². The molecule has 7 heteroatoms. The van der Waals surface area contributed by atoms with E-state index in [2.05, 4.69) is 20.9 Å². The number of hydrogen-bond donors (Lipinski definition) is 3. The minimum absolute atomic E-state index is 0.0625. The van der Waals surface area contributed by atoms with Gasteiger partial charge in [-0.05, 0) is 31.5 Å². The molecule has 3 N–H and O–H groups in total. The van der Waals surface area contributed by atoms with Crippen LogP contribution in [-0.2, 0) is 22.6 Å². The van der Waals surface area contributed by atoms with Crippen LogP contribution in [0.25, 0.3) is 10.9 Å². The van der Waals surface area contributed by atoms with Gasteiger partial charge in [0.25, 0.3) is 5.91 Å². The first kappa shape index (κ1) is 15.8.